The molecule has 0 amide bonds. The molecule has 0 saturated carbocycles. The zero-order chi connectivity index (χ0) is 22.2. The fourth-order valence-corrected chi connectivity index (χ4v) is 4.57. The van der Waals surface area contributed by atoms with Crippen LogP contribution < -0.4 is 10.2 Å². The van der Waals surface area contributed by atoms with Crippen LogP contribution in [0, 0.1) is 12.7 Å². The molecule has 7 heteroatoms. The van der Waals surface area contributed by atoms with Crippen molar-refractivity contribution in [2.45, 2.75) is 19.0 Å². The van der Waals surface area contributed by atoms with Crippen molar-refractivity contribution in [1.29, 1.82) is 0 Å². The summed E-state index contributed by atoms with van der Waals surface area (Å²) in [5, 5.41) is 4.04. The summed E-state index contributed by atoms with van der Waals surface area (Å²) in [5.74, 6) is 1.13. The smallest absolute Gasteiger partial charge is 0.174 e. The molecule has 0 bridgehead atoms. The maximum atomic E-state index is 13.4. The number of thiocarbonyl (C=S) groups is 1. The minimum atomic E-state index is -0.280. The quantitative estimate of drug-likeness (QED) is 0.310. The van der Waals surface area contributed by atoms with Gasteiger partial charge < -0.3 is 14.6 Å². The summed E-state index contributed by atoms with van der Waals surface area (Å²) < 4.78 is 20.7. The van der Waals surface area contributed by atoms with Gasteiger partial charge in [-0.2, -0.15) is 0 Å². The minimum Gasteiger partial charge on any atom is -0.459 e. The predicted molar refractivity (Wildman–Crippen MR) is 131 cm³/mol. The van der Waals surface area contributed by atoms with Gasteiger partial charge >= 0.3 is 0 Å². The monoisotopic (exact) mass is 507 g/mol. The molecule has 0 radical (unpaired) electrons. The van der Waals surface area contributed by atoms with Crippen LogP contribution in [0.2, 0.25) is 0 Å². The SMILES string of the molecule is Cc1cc(N2C(=S)N[C@H](c3ccccn3)[C@H]2c2ccc(-c3ccc(F)cc3)o2)ccc1Br. The molecular weight excluding hydrogens is 489 g/mol. The number of hydrogen-bond acceptors (Lipinski definition) is 3. The summed E-state index contributed by atoms with van der Waals surface area (Å²) >= 11 is 9.33. The zero-order valence-electron chi connectivity index (χ0n) is 17.1. The van der Waals surface area contributed by atoms with Crippen LogP contribution >= 0.6 is 28.1 Å². The van der Waals surface area contributed by atoms with E-state index in [0.29, 0.717) is 10.9 Å². The molecule has 2 atom stereocenters. The first-order chi connectivity index (χ1) is 15.5. The molecule has 4 aromatic rings. The highest BCUT2D eigenvalue weighted by atomic mass is 79.9. The molecule has 1 fully saturated rings. The number of nitrogens with one attached hydrogen (secondary N) is 1. The summed E-state index contributed by atoms with van der Waals surface area (Å²) in [6, 6.07) is 21.7. The highest BCUT2D eigenvalue weighted by Crippen LogP contribution is 2.43. The predicted octanol–water partition coefficient (Wildman–Crippen LogP) is 6.73. The third-order valence-corrected chi connectivity index (χ3v) is 6.77. The second kappa shape index (κ2) is 8.48. The molecule has 160 valence electrons. The van der Waals surface area contributed by atoms with Crippen LogP contribution in [-0.4, -0.2) is 10.1 Å². The Morgan fingerprint density at radius 1 is 1.06 bits per heavy atom. The summed E-state index contributed by atoms with van der Waals surface area (Å²) in [5.41, 5.74) is 3.76. The molecule has 2 aromatic heterocycles. The lowest BCUT2D eigenvalue weighted by atomic mass is 10.0. The number of furan rings is 1. The van der Waals surface area contributed by atoms with Gasteiger partial charge in [0.2, 0.25) is 0 Å². The molecular formula is C25H19BrFN3OS. The van der Waals surface area contributed by atoms with Gasteiger partial charge in [-0.3, -0.25) is 4.98 Å². The van der Waals surface area contributed by atoms with Gasteiger partial charge in [0.05, 0.1) is 11.7 Å². The first kappa shape index (κ1) is 20.8. The number of anilines is 1. The van der Waals surface area contributed by atoms with Crippen molar-refractivity contribution in [3.05, 3.63) is 106 Å². The average Bonchev–Trinajstić information content (AvgIpc) is 3.41. The van der Waals surface area contributed by atoms with E-state index in [1.165, 1.54) is 12.1 Å². The van der Waals surface area contributed by atoms with E-state index in [2.05, 4.69) is 37.2 Å². The van der Waals surface area contributed by atoms with Gasteiger partial charge in [0.15, 0.2) is 5.11 Å². The number of aromatic nitrogens is 1. The van der Waals surface area contributed by atoms with Gasteiger partial charge in [0.25, 0.3) is 0 Å². The molecule has 2 aromatic carbocycles. The highest BCUT2D eigenvalue weighted by molar-refractivity contribution is 9.10. The summed E-state index contributed by atoms with van der Waals surface area (Å²) in [7, 11) is 0. The Balaban J connectivity index is 1.60. The van der Waals surface area contributed by atoms with Gasteiger partial charge in [0.1, 0.15) is 23.4 Å². The molecule has 0 spiro atoms. The van der Waals surface area contributed by atoms with Crippen molar-refractivity contribution in [3.63, 3.8) is 0 Å². The third kappa shape index (κ3) is 3.82. The van der Waals surface area contributed by atoms with Crippen molar-refractivity contribution >= 4 is 38.9 Å². The Bertz CT molecular complexity index is 1280. The van der Waals surface area contributed by atoms with E-state index in [0.717, 1.165) is 32.7 Å². The number of halogens is 2. The fourth-order valence-electron chi connectivity index (χ4n) is 3.98. The number of pyridine rings is 1. The number of rotatable bonds is 4. The first-order valence-electron chi connectivity index (χ1n) is 10.1. The lowest BCUT2D eigenvalue weighted by molar-refractivity contribution is 0.439. The van der Waals surface area contributed by atoms with Crippen LogP contribution in [0.15, 0.2) is 87.9 Å². The van der Waals surface area contributed by atoms with Crippen LogP contribution in [0.25, 0.3) is 11.3 Å². The van der Waals surface area contributed by atoms with Crippen molar-refractivity contribution < 1.29 is 8.81 Å². The summed E-state index contributed by atoms with van der Waals surface area (Å²) in [6.07, 6.45) is 1.77. The van der Waals surface area contributed by atoms with Gasteiger partial charge in [-0.15, -0.1) is 0 Å². The Morgan fingerprint density at radius 2 is 1.88 bits per heavy atom. The van der Waals surface area contributed by atoms with E-state index in [-0.39, 0.29) is 17.9 Å². The van der Waals surface area contributed by atoms with Crippen molar-refractivity contribution in [1.82, 2.24) is 10.3 Å². The lowest BCUT2D eigenvalue weighted by Crippen LogP contribution is -2.29. The van der Waals surface area contributed by atoms with Crippen LogP contribution in [-0.2, 0) is 0 Å². The summed E-state index contributed by atoms with van der Waals surface area (Å²) in [6.45, 7) is 2.05. The average molecular weight is 508 g/mol. The Kier molecular flexibility index (Phi) is 5.53. The van der Waals surface area contributed by atoms with Crippen molar-refractivity contribution in [2.75, 3.05) is 4.90 Å². The zero-order valence-corrected chi connectivity index (χ0v) is 19.5. The topological polar surface area (TPSA) is 41.3 Å². The molecule has 3 heterocycles. The van der Waals surface area contributed by atoms with E-state index in [1.807, 2.05) is 49.4 Å². The van der Waals surface area contributed by atoms with Gasteiger partial charge in [-0.25, -0.2) is 4.39 Å². The maximum Gasteiger partial charge on any atom is 0.174 e. The van der Waals surface area contributed by atoms with E-state index in [1.54, 1.807) is 18.3 Å². The van der Waals surface area contributed by atoms with Gasteiger partial charge in [-0.05, 0) is 91.4 Å². The van der Waals surface area contributed by atoms with Crippen LogP contribution in [0.4, 0.5) is 10.1 Å². The molecule has 1 aliphatic rings. The van der Waals surface area contributed by atoms with E-state index < -0.39 is 0 Å². The highest BCUT2D eigenvalue weighted by Gasteiger charge is 2.42. The third-order valence-electron chi connectivity index (χ3n) is 5.56. The molecule has 32 heavy (non-hydrogen) atoms. The second-order valence-electron chi connectivity index (χ2n) is 7.64. The van der Waals surface area contributed by atoms with E-state index in [4.69, 9.17) is 16.6 Å². The van der Waals surface area contributed by atoms with E-state index >= 15 is 0 Å². The fraction of sp³-hybridized carbons (Fsp3) is 0.120. The van der Waals surface area contributed by atoms with Crippen LogP contribution in [0.3, 0.4) is 0 Å². The van der Waals surface area contributed by atoms with Crippen molar-refractivity contribution in [2.24, 2.45) is 0 Å². The molecule has 4 nitrogen and oxygen atoms in total. The first-order valence-corrected chi connectivity index (χ1v) is 11.3. The Hall–Kier alpha value is -3.03. The second-order valence-corrected chi connectivity index (χ2v) is 8.88. The Labute approximate surface area is 199 Å². The normalized spacial score (nSPS) is 18.1. The number of hydrogen-bond donors (Lipinski definition) is 1. The Morgan fingerprint density at radius 3 is 2.59 bits per heavy atom. The molecule has 1 N–H and O–H groups in total. The lowest BCUT2D eigenvalue weighted by Gasteiger charge is -2.26. The standard InChI is InChI=1S/C25H19BrFN3OS/c1-15-14-18(9-10-19(15)26)30-24(23(29-25(30)32)20-4-2-3-13-28-20)22-12-11-21(31-22)16-5-7-17(27)8-6-16/h2-14,23-24H,1H3,(H,29,32)/t23-,24-/m1/s1. The van der Waals surface area contributed by atoms with Crippen LogP contribution in [0.5, 0.6) is 0 Å². The molecule has 0 aliphatic carbocycles. The van der Waals surface area contributed by atoms with E-state index in [9.17, 15) is 4.39 Å². The van der Waals surface area contributed by atoms with Gasteiger partial charge in [-0.1, -0.05) is 22.0 Å². The number of benzene rings is 2. The molecule has 0 unspecified atom stereocenters. The molecule has 1 saturated heterocycles. The van der Waals surface area contributed by atoms with Crippen molar-refractivity contribution in [3.8, 4) is 11.3 Å². The number of aryl methyl sites for hydroxylation is 1. The number of nitrogens with zero attached hydrogens (tertiary/aromatic N) is 2. The maximum absolute atomic E-state index is 13.4. The van der Waals surface area contributed by atoms with Crippen LogP contribution in [0.1, 0.15) is 29.1 Å². The minimum absolute atomic E-state index is 0.195. The van der Waals surface area contributed by atoms with Gasteiger partial charge in [0, 0.05) is 21.9 Å². The largest absolute Gasteiger partial charge is 0.459 e. The molecule has 5 rings (SSSR count). The molecule has 1 aliphatic heterocycles. The summed E-state index contributed by atoms with van der Waals surface area (Å²) in [4.78, 5) is 6.64.